The van der Waals surface area contributed by atoms with Gasteiger partial charge in [-0.25, -0.2) is 0 Å². The van der Waals surface area contributed by atoms with Gasteiger partial charge in [0.05, 0.1) is 12.4 Å². The molecule has 0 fully saturated rings. The van der Waals surface area contributed by atoms with Crippen LogP contribution in [0.3, 0.4) is 0 Å². The van der Waals surface area contributed by atoms with E-state index in [2.05, 4.69) is 114 Å². The maximum Gasteiger partial charge on any atom is 2.00 e. The van der Waals surface area contributed by atoms with Crippen LogP contribution in [-0.2, 0) is 19.5 Å². The van der Waals surface area contributed by atoms with Gasteiger partial charge in [-0.3, -0.25) is 9.97 Å². The molecule has 0 saturated carbocycles. The van der Waals surface area contributed by atoms with Gasteiger partial charge in [-0.05, 0) is 55.3 Å². The third-order valence-corrected chi connectivity index (χ3v) is 8.27. The molecule has 0 bridgehead atoms. The van der Waals surface area contributed by atoms with Gasteiger partial charge >= 0.3 is 19.5 Å². The number of hydrogen-bond acceptors (Lipinski definition) is 4. The molecule has 1 aliphatic rings. The van der Waals surface area contributed by atoms with Crippen LogP contribution in [0.5, 0.6) is 0 Å². The summed E-state index contributed by atoms with van der Waals surface area (Å²) in [6.45, 7) is 23.3. The molecule has 0 saturated heterocycles. The summed E-state index contributed by atoms with van der Waals surface area (Å²) in [5.74, 6) is 0. The first-order valence-corrected chi connectivity index (χ1v) is 12.2. The van der Waals surface area contributed by atoms with Crippen molar-refractivity contribution < 1.29 is 45.7 Å². The molecule has 2 aromatic heterocycles. The molecule has 0 atom stereocenters. The Kier molecular flexibility index (Phi) is 19.6. The van der Waals surface area contributed by atoms with Crippen molar-refractivity contribution >= 4 is 7.92 Å². The van der Waals surface area contributed by atoms with Gasteiger partial charge in [0.1, 0.15) is 6.67 Å². The second-order valence-corrected chi connectivity index (χ2v) is 14.2. The predicted octanol–water partition coefficient (Wildman–Crippen LogP) is 1.04. The van der Waals surface area contributed by atoms with Gasteiger partial charge in [-0.15, -0.1) is 0 Å². The number of pyridine rings is 2. The molecule has 193 valence electrons. The van der Waals surface area contributed by atoms with Crippen LogP contribution in [0.4, 0.5) is 0 Å². The number of halogens is 2. The van der Waals surface area contributed by atoms with Crippen LogP contribution in [0.2, 0.25) is 0 Å². The number of rotatable bonds is 2. The third kappa shape index (κ3) is 16.0. The largest absolute Gasteiger partial charge is 2.00 e. The van der Waals surface area contributed by atoms with Crippen LogP contribution in [-0.4, -0.2) is 41.9 Å². The molecule has 3 rings (SSSR count). The molecule has 1 aliphatic heterocycles. The molecule has 34 heavy (non-hydrogen) atoms. The molecule has 8 heteroatoms. The van der Waals surface area contributed by atoms with Crippen molar-refractivity contribution in [3.63, 3.8) is 0 Å². The summed E-state index contributed by atoms with van der Waals surface area (Å²) >= 11 is 0. The number of nitrogens with zero attached hydrogens (tertiary/aromatic N) is 4. The molecule has 0 aliphatic carbocycles. The normalized spacial score (nSPS) is 12.8. The molecule has 0 amide bonds. The average Bonchev–Trinajstić information content (AvgIpc) is 3.18. The van der Waals surface area contributed by atoms with Crippen LogP contribution < -0.4 is 24.8 Å². The minimum absolute atomic E-state index is 0. The van der Waals surface area contributed by atoms with Crippen LogP contribution in [0.15, 0.2) is 61.2 Å². The summed E-state index contributed by atoms with van der Waals surface area (Å²) < 4.78 is 0. The van der Waals surface area contributed by atoms with Crippen LogP contribution in [0.1, 0.15) is 63.7 Å². The fourth-order valence-corrected chi connectivity index (χ4v) is 6.38. The zero-order valence-electron chi connectivity index (χ0n) is 21.9. The Morgan fingerprint density at radius 1 is 0.735 bits per heavy atom. The van der Waals surface area contributed by atoms with E-state index in [1.165, 1.54) is 0 Å². The van der Waals surface area contributed by atoms with Crippen molar-refractivity contribution in [2.45, 2.75) is 78.2 Å². The van der Waals surface area contributed by atoms with Gasteiger partial charge in [0.2, 0.25) is 0 Å². The van der Waals surface area contributed by atoms with E-state index in [-0.39, 0.29) is 59.2 Å². The molecule has 0 spiro atoms. The van der Waals surface area contributed by atoms with Gasteiger partial charge in [0.15, 0.2) is 0 Å². The summed E-state index contributed by atoms with van der Waals surface area (Å²) in [4.78, 5) is 12.0. The van der Waals surface area contributed by atoms with Gasteiger partial charge in [0.25, 0.3) is 0 Å². The van der Waals surface area contributed by atoms with E-state index in [9.17, 15) is 0 Å². The Balaban J connectivity index is -0.000000248. The van der Waals surface area contributed by atoms with Crippen LogP contribution >= 0.6 is 7.92 Å². The van der Waals surface area contributed by atoms with Gasteiger partial charge in [-0.2, -0.15) is 0 Å². The molecule has 3 heterocycles. The SMILES string of the molecule is CC(C)(C)N1[CH]N(CP(C(C)(C)C)C(C)(C)C)C=C1.[Cl-].[Cl-].[HH].[Ru+2].[c]1ccccn1.[c]1ccccn1. The van der Waals surface area contributed by atoms with Crippen molar-refractivity contribution in [2.75, 3.05) is 6.29 Å². The van der Waals surface area contributed by atoms with E-state index in [1.807, 2.05) is 24.3 Å². The Morgan fingerprint density at radius 3 is 1.38 bits per heavy atom. The van der Waals surface area contributed by atoms with Gasteiger partial charge in [0, 0.05) is 38.0 Å². The number of aromatic nitrogens is 2. The molecule has 2 aromatic rings. The van der Waals surface area contributed by atoms with E-state index in [0.717, 1.165) is 6.29 Å². The first-order chi connectivity index (χ1) is 14.3. The molecular weight excluding hydrogens is 571 g/mol. The monoisotopic (exact) mass is 613 g/mol. The van der Waals surface area contributed by atoms with E-state index in [0.29, 0.717) is 10.3 Å². The Bertz CT molecular complexity index is 653. The predicted molar refractivity (Wildman–Crippen MR) is 136 cm³/mol. The smallest absolute Gasteiger partial charge is 1.00 e. The van der Waals surface area contributed by atoms with Crippen molar-refractivity contribution in [3.05, 3.63) is 80.3 Å². The van der Waals surface area contributed by atoms with Crippen molar-refractivity contribution in [3.8, 4) is 0 Å². The summed E-state index contributed by atoms with van der Waals surface area (Å²) in [7, 11) is -0.0919. The average molecular weight is 614 g/mol. The Labute approximate surface area is 237 Å². The third-order valence-electron chi connectivity index (χ3n) is 4.42. The summed E-state index contributed by atoms with van der Waals surface area (Å²) in [6, 6.07) is 11.0. The maximum absolute atomic E-state index is 3.66. The minimum atomic E-state index is -0.0919. The molecular formula is C26H42Cl2N4PRu. The second-order valence-electron chi connectivity index (χ2n) is 10.3. The summed E-state index contributed by atoms with van der Waals surface area (Å²) in [5.41, 5.74) is 0.164. The van der Waals surface area contributed by atoms with E-state index in [1.54, 1.807) is 24.5 Å². The molecule has 0 N–H and O–H groups in total. The van der Waals surface area contributed by atoms with Crippen molar-refractivity contribution in [1.82, 2.24) is 19.8 Å². The zero-order chi connectivity index (χ0) is 23.5. The fourth-order valence-electron chi connectivity index (χ4n) is 3.02. The second kappa shape index (κ2) is 17.7. The molecule has 3 radical (unpaired) electrons. The molecule has 0 aromatic carbocycles. The van der Waals surface area contributed by atoms with Gasteiger partial charge in [-0.1, -0.05) is 61.6 Å². The zero-order valence-corrected chi connectivity index (χ0v) is 26.0. The Morgan fingerprint density at radius 2 is 1.18 bits per heavy atom. The maximum atomic E-state index is 3.66. The number of hydrogen-bond donors (Lipinski definition) is 0. The van der Waals surface area contributed by atoms with Crippen LogP contribution in [0, 0.1) is 19.1 Å². The van der Waals surface area contributed by atoms with E-state index in [4.69, 9.17) is 0 Å². The molecule has 0 unspecified atom stereocenters. The molecule has 4 nitrogen and oxygen atoms in total. The minimum Gasteiger partial charge on any atom is -1.00 e. The van der Waals surface area contributed by atoms with Crippen LogP contribution in [0.25, 0.3) is 0 Å². The first kappa shape index (κ1) is 37.8. The standard InChI is InChI=1S/C16H32N2P.2C5H4N.2ClH.Ru.H2/c1-14(2,3)18-11-10-17(12-18)13-19(15(4,5)6)16(7,8)9;2*1-2-4-6-5-3-1;;;;/h10-12H,13H2,1-9H3;2*1-4H;2*1H;;1H/q;;;;;+2;/p-2. The van der Waals surface area contributed by atoms with Crippen molar-refractivity contribution in [1.29, 1.82) is 0 Å². The van der Waals surface area contributed by atoms with E-state index < -0.39 is 0 Å². The topological polar surface area (TPSA) is 32.3 Å². The first-order valence-electron chi connectivity index (χ1n) is 10.7. The Hall–Kier alpha value is -0.727. The van der Waals surface area contributed by atoms with E-state index >= 15 is 0 Å². The fraction of sp³-hybridized carbons (Fsp3) is 0.500. The summed E-state index contributed by atoms with van der Waals surface area (Å²) in [5, 5.41) is 0.759. The van der Waals surface area contributed by atoms with Gasteiger partial charge < -0.3 is 34.6 Å². The quantitative estimate of drug-likeness (QED) is 0.375. The van der Waals surface area contributed by atoms with Crippen molar-refractivity contribution in [2.24, 2.45) is 0 Å². The summed E-state index contributed by atoms with van der Waals surface area (Å²) in [6.07, 6.45) is 14.2.